The van der Waals surface area contributed by atoms with Crippen LogP contribution >= 0.6 is 11.6 Å². The van der Waals surface area contributed by atoms with E-state index in [4.69, 9.17) is 22.6 Å². The monoisotopic (exact) mass is 280 g/mol. The molecule has 2 N–H and O–H groups in total. The number of halogens is 1. The number of nitriles is 1. The van der Waals surface area contributed by atoms with Crippen LogP contribution in [0.4, 0.5) is 5.82 Å². The molecule has 0 aromatic carbocycles. The Morgan fingerprint density at radius 1 is 1.53 bits per heavy atom. The lowest BCUT2D eigenvalue weighted by Gasteiger charge is -2.33. The van der Waals surface area contributed by atoms with Gasteiger partial charge in [-0.25, -0.2) is 4.98 Å². The first kappa shape index (κ1) is 15.7. The van der Waals surface area contributed by atoms with Gasteiger partial charge in [-0.1, -0.05) is 32.4 Å². The summed E-state index contributed by atoms with van der Waals surface area (Å²) < 4.78 is 0. The van der Waals surface area contributed by atoms with Gasteiger partial charge >= 0.3 is 0 Å². The Bertz CT molecular complexity index is 465. The highest BCUT2D eigenvalue weighted by atomic mass is 35.5. The molecule has 5 heteroatoms. The van der Waals surface area contributed by atoms with E-state index in [1.807, 2.05) is 0 Å². The molecule has 0 spiro atoms. The fourth-order valence-corrected chi connectivity index (χ4v) is 2.12. The smallest absolute Gasteiger partial charge is 0.148 e. The number of rotatable bonds is 6. The molecule has 1 rings (SSSR count). The first-order valence-electron chi connectivity index (χ1n) is 6.44. The minimum atomic E-state index is -0.0250. The van der Waals surface area contributed by atoms with Crippen LogP contribution in [0.5, 0.6) is 0 Å². The minimum Gasteiger partial charge on any atom is -0.355 e. The second-order valence-corrected chi connectivity index (χ2v) is 5.78. The van der Waals surface area contributed by atoms with Gasteiger partial charge in [0.15, 0.2) is 0 Å². The van der Waals surface area contributed by atoms with Crippen molar-refractivity contribution in [1.29, 1.82) is 5.26 Å². The summed E-state index contributed by atoms with van der Waals surface area (Å²) in [6, 6.07) is 3.72. The SMILES string of the molecule is CCCN(CC(C)(C)CN)c1nccc(C#N)c1Cl. The molecule has 0 atom stereocenters. The Hall–Kier alpha value is -1.31. The van der Waals surface area contributed by atoms with Crippen molar-refractivity contribution in [1.82, 2.24) is 4.98 Å². The molecule has 0 saturated heterocycles. The fourth-order valence-electron chi connectivity index (χ4n) is 1.85. The number of anilines is 1. The topological polar surface area (TPSA) is 65.9 Å². The second kappa shape index (κ2) is 6.74. The molecule has 1 aromatic rings. The van der Waals surface area contributed by atoms with Crippen LogP contribution in [-0.2, 0) is 0 Å². The molecular weight excluding hydrogens is 260 g/mol. The largest absolute Gasteiger partial charge is 0.355 e. The maximum atomic E-state index is 9.03. The fraction of sp³-hybridized carbons (Fsp3) is 0.571. The van der Waals surface area contributed by atoms with Crippen LogP contribution in [0.2, 0.25) is 5.02 Å². The van der Waals surface area contributed by atoms with E-state index in [-0.39, 0.29) is 5.41 Å². The Morgan fingerprint density at radius 2 is 2.21 bits per heavy atom. The van der Waals surface area contributed by atoms with Gasteiger partial charge in [0.25, 0.3) is 0 Å². The van der Waals surface area contributed by atoms with E-state index >= 15 is 0 Å². The highest BCUT2D eigenvalue weighted by Gasteiger charge is 2.23. The minimum absolute atomic E-state index is 0.0250. The third-order valence-electron chi connectivity index (χ3n) is 2.96. The molecule has 0 fully saturated rings. The Labute approximate surface area is 120 Å². The van der Waals surface area contributed by atoms with Gasteiger partial charge in [0.05, 0.1) is 5.56 Å². The average molecular weight is 281 g/mol. The van der Waals surface area contributed by atoms with Gasteiger partial charge in [-0.05, 0) is 24.4 Å². The van der Waals surface area contributed by atoms with Crippen LogP contribution in [0.1, 0.15) is 32.8 Å². The predicted octanol–water partition coefficient (Wildman–Crippen LogP) is 2.81. The average Bonchev–Trinajstić information content (AvgIpc) is 2.38. The van der Waals surface area contributed by atoms with Crippen molar-refractivity contribution in [2.75, 3.05) is 24.5 Å². The van der Waals surface area contributed by atoms with Gasteiger partial charge in [-0.15, -0.1) is 0 Å². The molecule has 1 heterocycles. The highest BCUT2D eigenvalue weighted by Crippen LogP contribution is 2.29. The first-order valence-corrected chi connectivity index (χ1v) is 6.82. The molecule has 0 bridgehead atoms. The third kappa shape index (κ3) is 4.09. The van der Waals surface area contributed by atoms with Crippen molar-refractivity contribution < 1.29 is 0 Å². The molecule has 0 amide bonds. The summed E-state index contributed by atoms with van der Waals surface area (Å²) >= 11 is 6.25. The zero-order valence-electron chi connectivity index (χ0n) is 11.8. The van der Waals surface area contributed by atoms with Crippen LogP contribution in [0.25, 0.3) is 0 Å². The number of pyridine rings is 1. The van der Waals surface area contributed by atoms with E-state index in [1.165, 1.54) is 0 Å². The molecule has 0 radical (unpaired) electrons. The second-order valence-electron chi connectivity index (χ2n) is 5.40. The lowest BCUT2D eigenvalue weighted by molar-refractivity contribution is 0.376. The number of aromatic nitrogens is 1. The van der Waals surface area contributed by atoms with E-state index in [9.17, 15) is 0 Å². The van der Waals surface area contributed by atoms with Crippen molar-refractivity contribution in [3.8, 4) is 6.07 Å². The number of nitrogens with zero attached hydrogens (tertiary/aromatic N) is 3. The van der Waals surface area contributed by atoms with Crippen molar-refractivity contribution in [2.45, 2.75) is 27.2 Å². The zero-order chi connectivity index (χ0) is 14.5. The van der Waals surface area contributed by atoms with Gasteiger partial charge in [0, 0.05) is 19.3 Å². The maximum absolute atomic E-state index is 9.03. The summed E-state index contributed by atoms with van der Waals surface area (Å²) in [5.41, 5.74) is 6.22. The summed E-state index contributed by atoms with van der Waals surface area (Å²) in [5, 5.41) is 9.46. The number of nitrogens with two attached hydrogens (primary N) is 1. The summed E-state index contributed by atoms with van der Waals surface area (Å²) in [6.45, 7) is 8.51. The number of hydrogen-bond acceptors (Lipinski definition) is 4. The molecule has 0 unspecified atom stereocenters. The van der Waals surface area contributed by atoms with Crippen molar-refractivity contribution in [3.05, 3.63) is 22.8 Å². The lowest BCUT2D eigenvalue weighted by atomic mass is 9.93. The molecule has 0 aliphatic heterocycles. The van der Waals surface area contributed by atoms with Crippen LogP contribution in [0.3, 0.4) is 0 Å². The van der Waals surface area contributed by atoms with E-state index < -0.39 is 0 Å². The Kier molecular flexibility index (Phi) is 5.59. The normalized spacial score (nSPS) is 11.2. The van der Waals surface area contributed by atoms with Crippen molar-refractivity contribution in [3.63, 3.8) is 0 Å². The highest BCUT2D eigenvalue weighted by molar-refractivity contribution is 6.34. The van der Waals surface area contributed by atoms with Crippen LogP contribution in [0.15, 0.2) is 12.3 Å². The van der Waals surface area contributed by atoms with Gasteiger partial charge in [-0.3, -0.25) is 0 Å². The summed E-state index contributed by atoms with van der Waals surface area (Å²) in [7, 11) is 0. The summed E-state index contributed by atoms with van der Waals surface area (Å²) in [4.78, 5) is 6.43. The van der Waals surface area contributed by atoms with E-state index in [0.717, 1.165) is 19.5 Å². The van der Waals surface area contributed by atoms with Crippen LogP contribution in [-0.4, -0.2) is 24.6 Å². The van der Waals surface area contributed by atoms with Crippen LogP contribution in [0, 0.1) is 16.7 Å². The molecule has 4 nitrogen and oxygen atoms in total. The Balaban J connectivity index is 3.10. The van der Waals surface area contributed by atoms with E-state index in [0.29, 0.717) is 22.9 Å². The lowest BCUT2D eigenvalue weighted by Crippen LogP contribution is -2.39. The zero-order valence-corrected chi connectivity index (χ0v) is 12.5. The van der Waals surface area contributed by atoms with Crippen molar-refractivity contribution >= 4 is 17.4 Å². The van der Waals surface area contributed by atoms with E-state index in [1.54, 1.807) is 12.3 Å². The van der Waals surface area contributed by atoms with Crippen LogP contribution < -0.4 is 10.6 Å². The third-order valence-corrected chi connectivity index (χ3v) is 3.33. The molecule has 1 aromatic heterocycles. The van der Waals surface area contributed by atoms with E-state index in [2.05, 4.69) is 36.7 Å². The number of hydrogen-bond donors (Lipinski definition) is 1. The molecule has 0 aliphatic carbocycles. The Morgan fingerprint density at radius 3 is 2.74 bits per heavy atom. The summed E-state index contributed by atoms with van der Waals surface area (Å²) in [5.74, 6) is 0.670. The maximum Gasteiger partial charge on any atom is 0.148 e. The molecule has 19 heavy (non-hydrogen) atoms. The van der Waals surface area contributed by atoms with Gasteiger partial charge < -0.3 is 10.6 Å². The molecule has 0 saturated carbocycles. The van der Waals surface area contributed by atoms with Gasteiger partial charge in [0.2, 0.25) is 0 Å². The van der Waals surface area contributed by atoms with Crippen molar-refractivity contribution in [2.24, 2.45) is 11.1 Å². The molecular formula is C14H21ClN4. The first-order chi connectivity index (χ1) is 8.95. The quantitative estimate of drug-likeness (QED) is 0.870. The van der Waals surface area contributed by atoms with Gasteiger partial charge in [0.1, 0.15) is 16.9 Å². The molecule has 104 valence electrons. The molecule has 0 aliphatic rings. The predicted molar refractivity (Wildman–Crippen MR) is 79.3 cm³/mol. The summed E-state index contributed by atoms with van der Waals surface area (Å²) in [6.07, 6.45) is 2.60. The standard InChI is InChI=1S/C14H21ClN4/c1-4-7-19(10-14(2,3)9-17)13-12(15)11(8-16)5-6-18-13/h5-6H,4,7,9-10,17H2,1-3H3. The van der Waals surface area contributed by atoms with Gasteiger partial charge in [-0.2, -0.15) is 5.26 Å².